The quantitative estimate of drug-likeness (QED) is 0.624. The van der Waals surface area contributed by atoms with E-state index in [1.807, 2.05) is 38.1 Å². The summed E-state index contributed by atoms with van der Waals surface area (Å²) >= 11 is 8.17. The predicted octanol–water partition coefficient (Wildman–Crippen LogP) is 3.82. The molecule has 0 bridgehead atoms. The second-order valence-electron chi connectivity index (χ2n) is 4.09. The van der Waals surface area contributed by atoms with Gasteiger partial charge in [0, 0.05) is 15.0 Å². The highest BCUT2D eigenvalue weighted by Crippen LogP contribution is 2.18. The van der Waals surface area contributed by atoms with Gasteiger partial charge in [0.15, 0.2) is 0 Å². The first-order valence-electron chi connectivity index (χ1n) is 5.71. The monoisotopic (exact) mass is 365 g/mol. The number of nitrogens with one attached hydrogen (secondary N) is 1. The third-order valence-electron chi connectivity index (χ3n) is 3.07. The SMILES string of the molecule is CCC(CC)(CCl)NC(=O)c1cccc(I)c1. The molecule has 0 unspecified atom stereocenters. The summed E-state index contributed by atoms with van der Waals surface area (Å²) in [4.78, 5) is 12.1. The van der Waals surface area contributed by atoms with Crippen LogP contribution in [0, 0.1) is 3.57 Å². The van der Waals surface area contributed by atoms with Gasteiger partial charge in [-0.15, -0.1) is 11.6 Å². The second-order valence-corrected chi connectivity index (χ2v) is 5.60. The van der Waals surface area contributed by atoms with Crippen LogP contribution < -0.4 is 5.32 Å². The Labute approximate surface area is 121 Å². The Hall–Kier alpha value is -0.290. The Morgan fingerprint density at radius 2 is 2.06 bits per heavy atom. The molecule has 0 saturated carbocycles. The third kappa shape index (κ3) is 3.85. The minimum atomic E-state index is -0.292. The first-order valence-corrected chi connectivity index (χ1v) is 7.32. The maximum Gasteiger partial charge on any atom is 0.251 e. The zero-order valence-electron chi connectivity index (χ0n) is 10.1. The number of alkyl halides is 1. The zero-order valence-corrected chi connectivity index (χ0v) is 13.0. The molecular formula is C13H17ClINO. The standard InChI is InChI=1S/C13H17ClINO/c1-3-13(4-2,9-14)16-12(17)10-6-5-7-11(15)8-10/h5-8H,3-4,9H2,1-2H3,(H,16,17). The van der Waals surface area contributed by atoms with Crippen LogP contribution in [0.2, 0.25) is 0 Å². The van der Waals surface area contributed by atoms with E-state index < -0.39 is 0 Å². The van der Waals surface area contributed by atoms with Crippen molar-refractivity contribution in [1.82, 2.24) is 5.32 Å². The fourth-order valence-electron chi connectivity index (χ4n) is 1.59. The van der Waals surface area contributed by atoms with E-state index in [-0.39, 0.29) is 11.4 Å². The molecule has 4 heteroatoms. The van der Waals surface area contributed by atoms with Gasteiger partial charge in [0.05, 0.1) is 5.54 Å². The molecule has 94 valence electrons. The summed E-state index contributed by atoms with van der Waals surface area (Å²) in [6.45, 7) is 4.09. The molecule has 1 aromatic rings. The van der Waals surface area contributed by atoms with Crippen molar-refractivity contribution in [2.45, 2.75) is 32.2 Å². The third-order valence-corrected chi connectivity index (χ3v) is 4.26. The first-order chi connectivity index (χ1) is 8.06. The molecular weight excluding hydrogens is 349 g/mol. The largest absolute Gasteiger partial charge is 0.345 e. The molecule has 0 aliphatic rings. The Morgan fingerprint density at radius 1 is 1.41 bits per heavy atom. The van der Waals surface area contributed by atoms with Gasteiger partial charge in [-0.1, -0.05) is 19.9 Å². The van der Waals surface area contributed by atoms with Crippen molar-refractivity contribution in [3.8, 4) is 0 Å². The molecule has 0 aliphatic heterocycles. The lowest BCUT2D eigenvalue weighted by Crippen LogP contribution is -2.49. The number of rotatable bonds is 5. The van der Waals surface area contributed by atoms with Crippen molar-refractivity contribution in [3.63, 3.8) is 0 Å². The molecule has 2 nitrogen and oxygen atoms in total. The summed E-state index contributed by atoms with van der Waals surface area (Å²) in [6.07, 6.45) is 1.67. The summed E-state index contributed by atoms with van der Waals surface area (Å²) in [5.74, 6) is 0.392. The highest BCUT2D eigenvalue weighted by molar-refractivity contribution is 14.1. The number of benzene rings is 1. The van der Waals surface area contributed by atoms with Crippen LogP contribution in [0.4, 0.5) is 0 Å². The maximum absolute atomic E-state index is 12.1. The highest BCUT2D eigenvalue weighted by Gasteiger charge is 2.27. The average Bonchev–Trinajstić information content (AvgIpc) is 2.36. The Bertz CT molecular complexity index is 382. The van der Waals surface area contributed by atoms with E-state index >= 15 is 0 Å². The molecule has 1 rings (SSSR count). The molecule has 1 amide bonds. The van der Waals surface area contributed by atoms with E-state index in [0.29, 0.717) is 11.4 Å². The van der Waals surface area contributed by atoms with E-state index in [1.165, 1.54) is 0 Å². The summed E-state index contributed by atoms with van der Waals surface area (Å²) in [7, 11) is 0. The number of amides is 1. The van der Waals surface area contributed by atoms with Crippen LogP contribution in [0.5, 0.6) is 0 Å². The lowest BCUT2D eigenvalue weighted by molar-refractivity contribution is 0.0902. The van der Waals surface area contributed by atoms with Crippen LogP contribution in [0.25, 0.3) is 0 Å². The van der Waals surface area contributed by atoms with E-state index in [0.717, 1.165) is 16.4 Å². The van der Waals surface area contributed by atoms with Crippen molar-refractivity contribution in [1.29, 1.82) is 0 Å². The maximum atomic E-state index is 12.1. The number of hydrogen-bond acceptors (Lipinski definition) is 1. The van der Waals surface area contributed by atoms with Crippen molar-refractivity contribution >= 4 is 40.1 Å². The van der Waals surface area contributed by atoms with Crippen LogP contribution in [-0.4, -0.2) is 17.3 Å². The Balaban J connectivity index is 2.84. The van der Waals surface area contributed by atoms with Crippen LogP contribution >= 0.6 is 34.2 Å². The zero-order chi connectivity index (χ0) is 12.9. The van der Waals surface area contributed by atoms with Crippen molar-refractivity contribution in [3.05, 3.63) is 33.4 Å². The van der Waals surface area contributed by atoms with Crippen LogP contribution in [-0.2, 0) is 0 Å². The number of halogens is 2. The van der Waals surface area contributed by atoms with E-state index in [9.17, 15) is 4.79 Å². The number of carbonyl (C=O) groups is 1. The van der Waals surface area contributed by atoms with Gasteiger partial charge in [-0.25, -0.2) is 0 Å². The van der Waals surface area contributed by atoms with Crippen molar-refractivity contribution in [2.24, 2.45) is 0 Å². The van der Waals surface area contributed by atoms with E-state index in [1.54, 1.807) is 0 Å². The van der Waals surface area contributed by atoms with E-state index in [2.05, 4.69) is 27.9 Å². The van der Waals surface area contributed by atoms with Gasteiger partial charge in [0.25, 0.3) is 5.91 Å². The fraction of sp³-hybridized carbons (Fsp3) is 0.462. The molecule has 0 spiro atoms. The van der Waals surface area contributed by atoms with Gasteiger partial charge in [0.1, 0.15) is 0 Å². The molecule has 0 aliphatic carbocycles. The topological polar surface area (TPSA) is 29.1 Å². The van der Waals surface area contributed by atoms with Crippen LogP contribution in [0.15, 0.2) is 24.3 Å². The minimum absolute atomic E-state index is 0.0483. The summed E-state index contributed by atoms with van der Waals surface area (Å²) in [5, 5.41) is 3.05. The molecule has 17 heavy (non-hydrogen) atoms. The molecule has 0 aromatic heterocycles. The van der Waals surface area contributed by atoms with Gasteiger partial charge in [-0.05, 0) is 53.6 Å². The molecule has 0 heterocycles. The molecule has 0 radical (unpaired) electrons. The van der Waals surface area contributed by atoms with Crippen molar-refractivity contribution < 1.29 is 4.79 Å². The lowest BCUT2D eigenvalue weighted by atomic mass is 9.94. The van der Waals surface area contributed by atoms with Gasteiger partial charge in [0.2, 0.25) is 0 Å². The highest BCUT2D eigenvalue weighted by atomic mass is 127. The van der Waals surface area contributed by atoms with Gasteiger partial charge in [-0.2, -0.15) is 0 Å². The molecule has 0 atom stereocenters. The fourth-order valence-corrected chi connectivity index (χ4v) is 2.58. The normalized spacial score (nSPS) is 11.3. The Morgan fingerprint density at radius 3 is 2.53 bits per heavy atom. The van der Waals surface area contributed by atoms with E-state index in [4.69, 9.17) is 11.6 Å². The smallest absolute Gasteiger partial charge is 0.251 e. The predicted molar refractivity (Wildman–Crippen MR) is 80.7 cm³/mol. The number of hydrogen-bond donors (Lipinski definition) is 1. The average molecular weight is 366 g/mol. The van der Waals surface area contributed by atoms with Gasteiger partial charge >= 0.3 is 0 Å². The second kappa shape index (κ2) is 6.59. The summed E-state index contributed by atoms with van der Waals surface area (Å²) < 4.78 is 1.06. The van der Waals surface area contributed by atoms with Crippen LogP contribution in [0.1, 0.15) is 37.0 Å². The van der Waals surface area contributed by atoms with Crippen LogP contribution in [0.3, 0.4) is 0 Å². The first kappa shape index (κ1) is 14.8. The van der Waals surface area contributed by atoms with Gasteiger partial charge < -0.3 is 5.32 Å². The van der Waals surface area contributed by atoms with Gasteiger partial charge in [-0.3, -0.25) is 4.79 Å². The summed E-state index contributed by atoms with van der Waals surface area (Å²) in [5.41, 5.74) is 0.396. The molecule has 1 aromatic carbocycles. The number of carbonyl (C=O) groups excluding carboxylic acids is 1. The Kier molecular flexibility index (Phi) is 5.73. The lowest BCUT2D eigenvalue weighted by Gasteiger charge is -2.30. The van der Waals surface area contributed by atoms with Crippen molar-refractivity contribution in [2.75, 3.05) is 5.88 Å². The summed E-state index contributed by atoms with van der Waals surface area (Å²) in [6, 6.07) is 7.55. The molecule has 0 fully saturated rings. The molecule has 1 N–H and O–H groups in total. The minimum Gasteiger partial charge on any atom is -0.345 e. The molecule has 0 saturated heterocycles.